The van der Waals surface area contributed by atoms with Gasteiger partial charge in [-0.05, 0) is 84.3 Å². The number of nitrogens with zero attached hydrogens (tertiary/aromatic N) is 1. The maximum absolute atomic E-state index is 13.9. The van der Waals surface area contributed by atoms with Crippen LogP contribution in [0.5, 0.6) is 5.75 Å². The Labute approximate surface area is 266 Å². The first-order valence-corrected chi connectivity index (χ1v) is 16.0. The molecular formula is C35H35BBrNO6. The summed E-state index contributed by atoms with van der Waals surface area (Å²) < 4.78 is 7.33. The van der Waals surface area contributed by atoms with Crippen molar-refractivity contribution in [2.45, 2.75) is 45.1 Å². The van der Waals surface area contributed by atoms with E-state index in [1.165, 1.54) is 22.1 Å². The van der Waals surface area contributed by atoms with Crippen LogP contribution in [0.2, 0.25) is 0 Å². The van der Waals surface area contributed by atoms with E-state index in [-0.39, 0.29) is 35.0 Å². The Hall–Kier alpha value is -3.50. The molecule has 226 valence electrons. The number of ether oxygens (including phenoxy) is 1. The Morgan fingerprint density at radius 1 is 1.02 bits per heavy atom. The highest BCUT2D eigenvalue weighted by molar-refractivity contribution is 9.10. The fourth-order valence-corrected chi connectivity index (χ4v) is 7.54. The molecule has 44 heavy (non-hydrogen) atoms. The number of carbonyl (C=O) groups is 2. The zero-order chi connectivity index (χ0) is 31.0. The molecule has 0 bridgehead atoms. The monoisotopic (exact) mass is 655 g/mol. The summed E-state index contributed by atoms with van der Waals surface area (Å²) in [6.07, 6.45) is 5.55. The Morgan fingerprint density at radius 3 is 2.57 bits per heavy atom. The Bertz CT molecular complexity index is 1640. The molecule has 3 aromatic carbocycles. The summed E-state index contributed by atoms with van der Waals surface area (Å²) in [6.45, 7) is 2.51. The molecule has 7 nitrogen and oxygen atoms in total. The van der Waals surface area contributed by atoms with Crippen LogP contribution in [-0.2, 0) is 14.3 Å². The van der Waals surface area contributed by atoms with Gasteiger partial charge in [-0.2, -0.15) is 0 Å². The summed E-state index contributed by atoms with van der Waals surface area (Å²) in [5.41, 5.74) is 5.85. The Morgan fingerprint density at radius 2 is 1.82 bits per heavy atom. The second-order valence-electron chi connectivity index (χ2n) is 11.8. The van der Waals surface area contributed by atoms with Crippen LogP contribution in [0.1, 0.15) is 50.2 Å². The van der Waals surface area contributed by atoms with Gasteiger partial charge in [0.15, 0.2) is 0 Å². The number of carbonyl (C=O) groups excluding carboxylic acids is 2. The lowest BCUT2D eigenvalue weighted by Crippen LogP contribution is -2.35. The zero-order valence-electron chi connectivity index (χ0n) is 24.5. The molecule has 9 heteroatoms. The molecule has 3 aliphatic rings. The molecule has 0 spiro atoms. The molecule has 2 heterocycles. The summed E-state index contributed by atoms with van der Waals surface area (Å²) in [4.78, 5) is 28.9. The molecule has 2 saturated heterocycles. The van der Waals surface area contributed by atoms with Crippen LogP contribution in [0.25, 0.3) is 11.6 Å². The maximum Gasteiger partial charge on any atom is 0.488 e. The second-order valence-corrected chi connectivity index (χ2v) is 12.7. The predicted octanol–water partition coefficient (Wildman–Crippen LogP) is 5.48. The number of fused-ring (bicyclic) bond motifs is 3. The molecule has 2 aliphatic heterocycles. The molecule has 3 aromatic rings. The molecule has 6 rings (SSSR count). The van der Waals surface area contributed by atoms with Crippen LogP contribution in [0.3, 0.4) is 0 Å². The first-order chi connectivity index (χ1) is 21.3. The SMILES string of the molecule is CCCC1=C2[C@@H](CC/C(=C/c3cc(Br)ccc3O)c3ccccc3)OC[C@@H]2[C@@H]2C(=O)N(c3cccc(B(O)O)c3)C(=O)[C@@H]2C1. The van der Waals surface area contributed by atoms with Gasteiger partial charge in [0.05, 0.1) is 30.2 Å². The third kappa shape index (κ3) is 5.82. The number of amides is 2. The predicted molar refractivity (Wildman–Crippen MR) is 175 cm³/mol. The number of anilines is 1. The van der Waals surface area contributed by atoms with Crippen molar-refractivity contribution in [2.75, 3.05) is 11.5 Å². The number of hydrogen-bond acceptors (Lipinski definition) is 6. The minimum absolute atomic E-state index is 0.171. The molecule has 2 fully saturated rings. The zero-order valence-corrected chi connectivity index (χ0v) is 26.1. The van der Waals surface area contributed by atoms with Gasteiger partial charge in [0, 0.05) is 16.0 Å². The average molecular weight is 656 g/mol. The number of rotatable bonds is 9. The minimum atomic E-state index is -1.69. The summed E-state index contributed by atoms with van der Waals surface area (Å²) in [7, 11) is -1.69. The quantitative estimate of drug-likeness (QED) is 0.122. The van der Waals surface area contributed by atoms with Crippen molar-refractivity contribution in [2.24, 2.45) is 17.8 Å². The molecule has 0 radical (unpaired) electrons. The lowest BCUT2D eigenvalue weighted by molar-refractivity contribution is -0.122. The Kier molecular flexibility index (Phi) is 8.92. The van der Waals surface area contributed by atoms with Crippen molar-refractivity contribution in [1.82, 2.24) is 0 Å². The van der Waals surface area contributed by atoms with Gasteiger partial charge in [0.2, 0.25) is 11.8 Å². The molecule has 3 N–H and O–H groups in total. The van der Waals surface area contributed by atoms with Gasteiger partial charge < -0.3 is 19.9 Å². The standard InChI is InChI=1S/C35H35BBrNO6/c1-2-7-23-18-28-33(35(41)38(34(28)40)27-11-6-10-25(19-27)36(42)43)29-20-44-31(32(23)29)15-12-22(21-8-4-3-5-9-21)16-24-17-26(37)13-14-30(24)39/h3-6,8-11,13-14,16-17,19,28-29,31,33,39,42-43H,2,7,12,15,18,20H2,1H3/b22-16-/t28-,29+,31-,33-/m1/s1. The number of hydrogen-bond donors (Lipinski definition) is 3. The van der Waals surface area contributed by atoms with Gasteiger partial charge in [0.25, 0.3) is 0 Å². The largest absolute Gasteiger partial charge is 0.507 e. The summed E-state index contributed by atoms with van der Waals surface area (Å²) >= 11 is 3.51. The van der Waals surface area contributed by atoms with Gasteiger partial charge >= 0.3 is 7.12 Å². The van der Waals surface area contributed by atoms with E-state index in [0.29, 0.717) is 31.6 Å². The van der Waals surface area contributed by atoms with E-state index in [0.717, 1.165) is 34.0 Å². The molecule has 1 aliphatic carbocycles. The smallest absolute Gasteiger partial charge is 0.488 e. The third-order valence-corrected chi connectivity index (χ3v) is 9.62. The summed E-state index contributed by atoms with van der Waals surface area (Å²) in [6, 6.07) is 21.8. The molecule has 0 aromatic heterocycles. The van der Waals surface area contributed by atoms with E-state index in [9.17, 15) is 24.7 Å². The highest BCUT2D eigenvalue weighted by Gasteiger charge is 2.57. The van der Waals surface area contributed by atoms with Gasteiger partial charge in [0.1, 0.15) is 5.75 Å². The molecular weight excluding hydrogens is 621 g/mol. The van der Waals surface area contributed by atoms with Gasteiger partial charge in [-0.1, -0.05) is 77.3 Å². The van der Waals surface area contributed by atoms with Gasteiger partial charge in [-0.25, -0.2) is 0 Å². The minimum Gasteiger partial charge on any atom is -0.507 e. The average Bonchev–Trinajstić information content (AvgIpc) is 3.55. The number of halogens is 1. The second kappa shape index (κ2) is 12.9. The van der Waals surface area contributed by atoms with Crippen molar-refractivity contribution in [1.29, 1.82) is 0 Å². The number of imide groups is 1. The first-order valence-electron chi connectivity index (χ1n) is 15.2. The normalized spacial score (nSPS) is 23.3. The van der Waals surface area contributed by atoms with Gasteiger partial charge in [-0.3, -0.25) is 14.5 Å². The van der Waals surface area contributed by atoms with E-state index >= 15 is 0 Å². The number of phenols is 1. The van der Waals surface area contributed by atoms with E-state index in [2.05, 4.69) is 35.0 Å². The lowest BCUT2D eigenvalue weighted by Gasteiger charge is -2.32. The topological polar surface area (TPSA) is 107 Å². The van der Waals surface area contributed by atoms with Crippen molar-refractivity contribution >= 4 is 57.7 Å². The number of benzene rings is 3. The third-order valence-electron chi connectivity index (χ3n) is 9.13. The molecule has 2 amide bonds. The highest BCUT2D eigenvalue weighted by atomic mass is 79.9. The van der Waals surface area contributed by atoms with Crippen LogP contribution in [0, 0.1) is 17.8 Å². The van der Waals surface area contributed by atoms with Crippen molar-refractivity contribution < 1.29 is 29.5 Å². The van der Waals surface area contributed by atoms with Crippen molar-refractivity contribution in [3.05, 3.63) is 99.5 Å². The molecule has 4 atom stereocenters. The van der Waals surface area contributed by atoms with Gasteiger partial charge in [-0.15, -0.1) is 0 Å². The van der Waals surface area contributed by atoms with E-state index in [1.807, 2.05) is 36.4 Å². The number of allylic oxidation sites excluding steroid dienone is 2. The fraction of sp³-hybridized carbons (Fsp3) is 0.314. The fourth-order valence-electron chi connectivity index (χ4n) is 7.16. The van der Waals surface area contributed by atoms with E-state index in [4.69, 9.17) is 4.74 Å². The van der Waals surface area contributed by atoms with Crippen molar-refractivity contribution in [3.63, 3.8) is 0 Å². The highest BCUT2D eigenvalue weighted by Crippen LogP contribution is 2.51. The Balaban J connectivity index is 1.29. The number of aromatic hydroxyl groups is 1. The van der Waals surface area contributed by atoms with Crippen LogP contribution >= 0.6 is 15.9 Å². The van der Waals surface area contributed by atoms with E-state index < -0.39 is 19.0 Å². The summed E-state index contributed by atoms with van der Waals surface area (Å²) in [5.74, 6) is -1.41. The maximum atomic E-state index is 13.9. The van der Waals surface area contributed by atoms with Crippen LogP contribution in [0.15, 0.2) is 88.4 Å². The first kappa shape index (κ1) is 30.5. The summed E-state index contributed by atoms with van der Waals surface area (Å²) in [5, 5.41) is 29.9. The molecule has 0 unspecified atom stereocenters. The lowest BCUT2D eigenvalue weighted by atomic mass is 9.68. The van der Waals surface area contributed by atoms with Crippen LogP contribution in [0.4, 0.5) is 5.69 Å². The molecule has 0 saturated carbocycles. The van der Waals surface area contributed by atoms with E-state index in [1.54, 1.807) is 24.3 Å². The van der Waals surface area contributed by atoms with Crippen molar-refractivity contribution in [3.8, 4) is 5.75 Å². The number of phenolic OH excluding ortho intramolecular Hbond substituents is 1. The van der Waals surface area contributed by atoms with Crippen LogP contribution < -0.4 is 10.4 Å². The van der Waals surface area contributed by atoms with Crippen LogP contribution in [-0.4, -0.2) is 46.8 Å².